The average molecular weight is 285 g/mol. The number of piperidine rings is 1. The first-order chi connectivity index (χ1) is 10.2. The second-order valence-electron chi connectivity index (χ2n) is 7.55. The van der Waals surface area contributed by atoms with Crippen molar-refractivity contribution in [1.82, 2.24) is 10.2 Å². The first-order valence-corrected chi connectivity index (χ1v) is 8.47. The van der Waals surface area contributed by atoms with Crippen molar-refractivity contribution in [3.05, 3.63) is 29.8 Å². The zero-order valence-electron chi connectivity index (χ0n) is 13.1. The lowest BCUT2D eigenvalue weighted by Gasteiger charge is -2.61. The van der Waals surface area contributed by atoms with Crippen molar-refractivity contribution in [3.8, 4) is 0 Å². The minimum Gasteiger partial charge on any atom is -0.370 e. The quantitative estimate of drug-likeness (QED) is 0.918. The highest BCUT2D eigenvalue weighted by Crippen LogP contribution is 2.42. The third-order valence-electron chi connectivity index (χ3n) is 5.54. The Hall–Kier alpha value is -1.06. The molecule has 0 aromatic heterocycles. The molecule has 3 heteroatoms. The number of hydrogen-bond donors (Lipinski definition) is 1. The van der Waals surface area contributed by atoms with Gasteiger partial charge in [-0.1, -0.05) is 17.7 Å². The molecule has 1 aromatic carbocycles. The van der Waals surface area contributed by atoms with Gasteiger partial charge in [-0.2, -0.15) is 0 Å². The first kappa shape index (κ1) is 13.6. The molecule has 3 fully saturated rings. The van der Waals surface area contributed by atoms with E-state index in [1.54, 1.807) is 0 Å². The number of benzene rings is 1. The molecule has 3 heterocycles. The van der Waals surface area contributed by atoms with Crippen molar-refractivity contribution < 1.29 is 0 Å². The van der Waals surface area contributed by atoms with Gasteiger partial charge in [-0.3, -0.25) is 0 Å². The predicted octanol–water partition coefficient (Wildman–Crippen LogP) is 2.12. The van der Waals surface area contributed by atoms with Crippen molar-refractivity contribution in [2.24, 2.45) is 11.3 Å². The normalized spacial score (nSPS) is 25.7. The molecule has 3 aliphatic rings. The highest BCUT2D eigenvalue weighted by atomic mass is 15.3. The molecule has 0 unspecified atom stereocenters. The summed E-state index contributed by atoms with van der Waals surface area (Å²) in [4.78, 5) is 5.24. The van der Waals surface area contributed by atoms with E-state index < -0.39 is 0 Å². The van der Waals surface area contributed by atoms with Gasteiger partial charge in [0.1, 0.15) is 0 Å². The largest absolute Gasteiger partial charge is 0.370 e. The summed E-state index contributed by atoms with van der Waals surface area (Å²) in [6.07, 6.45) is 2.75. The molecule has 3 saturated heterocycles. The molecule has 1 aromatic rings. The average Bonchev–Trinajstić information content (AvgIpc) is 2.42. The van der Waals surface area contributed by atoms with Gasteiger partial charge in [-0.05, 0) is 50.9 Å². The van der Waals surface area contributed by atoms with Gasteiger partial charge in [0.25, 0.3) is 0 Å². The van der Waals surface area contributed by atoms with E-state index in [2.05, 4.69) is 46.3 Å². The molecule has 3 aliphatic heterocycles. The van der Waals surface area contributed by atoms with Crippen LogP contribution in [0.1, 0.15) is 18.4 Å². The van der Waals surface area contributed by atoms with Gasteiger partial charge >= 0.3 is 0 Å². The minimum atomic E-state index is 0.623. The van der Waals surface area contributed by atoms with E-state index in [1.165, 1.54) is 69.9 Å². The smallest absolute Gasteiger partial charge is 0.0366 e. The maximum absolute atomic E-state index is 3.47. The van der Waals surface area contributed by atoms with Gasteiger partial charge in [0.2, 0.25) is 0 Å². The molecule has 21 heavy (non-hydrogen) atoms. The number of hydrogen-bond acceptors (Lipinski definition) is 3. The van der Waals surface area contributed by atoms with Gasteiger partial charge in [-0.15, -0.1) is 0 Å². The summed E-state index contributed by atoms with van der Waals surface area (Å²) in [7, 11) is 0. The van der Waals surface area contributed by atoms with Crippen LogP contribution < -0.4 is 10.2 Å². The number of nitrogens with one attached hydrogen (secondary N) is 1. The van der Waals surface area contributed by atoms with Crippen molar-refractivity contribution in [1.29, 1.82) is 0 Å². The van der Waals surface area contributed by atoms with E-state index in [0.29, 0.717) is 5.41 Å². The van der Waals surface area contributed by atoms with E-state index >= 15 is 0 Å². The Morgan fingerprint density at radius 2 is 1.71 bits per heavy atom. The fraction of sp³-hybridized carbons (Fsp3) is 0.667. The first-order valence-electron chi connectivity index (χ1n) is 8.47. The van der Waals surface area contributed by atoms with Crippen molar-refractivity contribution >= 4 is 5.69 Å². The van der Waals surface area contributed by atoms with Gasteiger partial charge in [-0.25, -0.2) is 0 Å². The Bertz CT molecular complexity index is 476. The van der Waals surface area contributed by atoms with E-state index in [4.69, 9.17) is 0 Å². The van der Waals surface area contributed by atoms with Crippen LogP contribution in [0.2, 0.25) is 0 Å². The minimum absolute atomic E-state index is 0.623. The molecule has 0 bridgehead atoms. The maximum atomic E-state index is 3.47. The molecule has 0 saturated carbocycles. The lowest BCUT2D eigenvalue weighted by atomic mass is 9.72. The highest BCUT2D eigenvalue weighted by Gasteiger charge is 2.51. The number of nitrogens with zero attached hydrogens (tertiary/aromatic N) is 2. The molecular formula is C18H27N3. The fourth-order valence-corrected chi connectivity index (χ4v) is 4.36. The van der Waals surface area contributed by atoms with Crippen LogP contribution >= 0.6 is 0 Å². The Morgan fingerprint density at radius 3 is 2.38 bits per heavy atom. The molecule has 0 radical (unpaired) electrons. The molecule has 3 nitrogen and oxygen atoms in total. The second kappa shape index (κ2) is 5.29. The summed E-state index contributed by atoms with van der Waals surface area (Å²) >= 11 is 0. The Morgan fingerprint density at radius 1 is 1.05 bits per heavy atom. The van der Waals surface area contributed by atoms with Crippen LogP contribution in [0.25, 0.3) is 0 Å². The summed E-state index contributed by atoms with van der Waals surface area (Å²) in [6.45, 7) is 11.1. The fourth-order valence-electron chi connectivity index (χ4n) is 4.36. The van der Waals surface area contributed by atoms with Crippen LogP contribution in [0.5, 0.6) is 0 Å². The summed E-state index contributed by atoms with van der Waals surface area (Å²) in [5.74, 6) is 0.942. The van der Waals surface area contributed by atoms with Crippen LogP contribution in [-0.4, -0.2) is 50.7 Å². The summed E-state index contributed by atoms with van der Waals surface area (Å²) in [5.41, 5.74) is 3.38. The van der Waals surface area contributed by atoms with Gasteiger partial charge < -0.3 is 15.1 Å². The van der Waals surface area contributed by atoms with Gasteiger partial charge in [0.15, 0.2) is 0 Å². The SMILES string of the molecule is Cc1ccc(N2CC3(CN(CC4CCNCC4)C3)C2)cc1. The van der Waals surface area contributed by atoms with Gasteiger partial charge in [0.05, 0.1) is 0 Å². The van der Waals surface area contributed by atoms with Crippen LogP contribution in [-0.2, 0) is 0 Å². The highest BCUT2D eigenvalue weighted by molar-refractivity contribution is 5.51. The predicted molar refractivity (Wildman–Crippen MR) is 87.9 cm³/mol. The topological polar surface area (TPSA) is 18.5 Å². The summed E-state index contributed by atoms with van der Waals surface area (Å²) < 4.78 is 0. The molecule has 0 aliphatic carbocycles. The molecule has 0 atom stereocenters. The second-order valence-corrected chi connectivity index (χ2v) is 7.55. The van der Waals surface area contributed by atoms with Gasteiger partial charge in [0, 0.05) is 43.8 Å². The summed E-state index contributed by atoms with van der Waals surface area (Å²) in [6, 6.07) is 9.00. The molecule has 114 valence electrons. The van der Waals surface area contributed by atoms with Crippen LogP contribution in [0.15, 0.2) is 24.3 Å². The molecule has 4 rings (SSSR count). The van der Waals surface area contributed by atoms with Crippen molar-refractivity contribution in [2.45, 2.75) is 19.8 Å². The van der Waals surface area contributed by atoms with E-state index in [1.807, 2.05) is 0 Å². The van der Waals surface area contributed by atoms with E-state index in [9.17, 15) is 0 Å². The number of anilines is 1. The monoisotopic (exact) mass is 285 g/mol. The number of aryl methyl sites for hydroxylation is 1. The van der Waals surface area contributed by atoms with E-state index in [0.717, 1.165) is 5.92 Å². The Kier molecular flexibility index (Phi) is 3.43. The van der Waals surface area contributed by atoms with Crippen LogP contribution in [0, 0.1) is 18.3 Å². The molecule has 0 amide bonds. The molecular weight excluding hydrogens is 258 g/mol. The molecule has 1 N–H and O–H groups in total. The zero-order valence-corrected chi connectivity index (χ0v) is 13.1. The van der Waals surface area contributed by atoms with Crippen molar-refractivity contribution in [2.75, 3.05) is 50.7 Å². The maximum Gasteiger partial charge on any atom is 0.0366 e. The third-order valence-corrected chi connectivity index (χ3v) is 5.54. The van der Waals surface area contributed by atoms with E-state index in [-0.39, 0.29) is 0 Å². The number of likely N-dealkylation sites (tertiary alicyclic amines) is 1. The lowest BCUT2D eigenvalue weighted by molar-refractivity contribution is -0.0327. The van der Waals surface area contributed by atoms with Crippen LogP contribution in [0.3, 0.4) is 0 Å². The Balaban J connectivity index is 1.24. The third kappa shape index (κ3) is 2.69. The standard InChI is InChI=1S/C18H27N3/c1-15-2-4-17(5-3-15)21-13-18(14-21)11-20(12-18)10-16-6-8-19-9-7-16/h2-5,16,19H,6-14H2,1H3. The summed E-state index contributed by atoms with van der Waals surface area (Å²) in [5, 5.41) is 3.47. The number of rotatable bonds is 3. The zero-order chi connectivity index (χ0) is 14.3. The Labute approximate surface area is 128 Å². The van der Waals surface area contributed by atoms with Crippen LogP contribution in [0.4, 0.5) is 5.69 Å². The molecule has 1 spiro atoms. The lowest BCUT2D eigenvalue weighted by Crippen LogP contribution is -2.72. The van der Waals surface area contributed by atoms with Crippen molar-refractivity contribution in [3.63, 3.8) is 0 Å².